The Morgan fingerprint density at radius 1 is 0.484 bits per heavy atom. The van der Waals surface area contributed by atoms with Crippen LogP contribution in [0.5, 0.6) is 5.75 Å². The average molecular weight is 1300 g/mol. The molecule has 544 valence electrons. The maximum atomic E-state index is 5.62. The van der Waals surface area contributed by atoms with Gasteiger partial charge in [-0.15, -0.1) is 0 Å². The lowest BCUT2D eigenvalue weighted by atomic mass is 9.81. The fourth-order valence-corrected chi connectivity index (χ4v) is 13.2. The number of likely N-dealkylation sites (tertiary alicyclic amines) is 4. The smallest absolute Gasteiger partial charge is 0.118 e. The zero-order chi connectivity index (χ0) is 68.3. The maximum absolute atomic E-state index is 5.62. The Morgan fingerprint density at radius 3 is 1.47 bits per heavy atom. The Morgan fingerprint density at radius 2 is 1.07 bits per heavy atom. The van der Waals surface area contributed by atoms with Crippen molar-refractivity contribution in [1.29, 1.82) is 0 Å². The SMILES string of the molecule is CCC1CCC(OC)CC1.CCC1CCCCC1OC.CCCC(C)OC.CCCC1(OC)CCCCC1.CCCCOC.CCc1ccc(OC)cc1.COC1CCCN(C)C1.COC1CCN(C)CC1.COCC1CCCN(C)C1.COCC1CCCN1C. The summed E-state index contributed by atoms with van der Waals surface area (Å²) in [5.41, 5.74) is 1.62. The number of likely N-dealkylation sites (N-methyl/N-ethyl adjacent to an activating group) is 2. The van der Waals surface area contributed by atoms with Gasteiger partial charge >= 0.3 is 0 Å². The van der Waals surface area contributed by atoms with E-state index in [4.69, 9.17) is 47.4 Å². The van der Waals surface area contributed by atoms with Gasteiger partial charge < -0.3 is 67.0 Å². The Balaban J connectivity index is 0. The number of benzene rings is 1. The average Bonchev–Trinajstić information content (AvgIpc) is 4.21. The zero-order valence-electron chi connectivity index (χ0n) is 64.2. The van der Waals surface area contributed by atoms with E-state index in [-0.39, 0.29) is 5.60 Å². The van der Waals surface area contributed by atoms with Gasteiger partial charge in [-0.1, -0.05) is 118 Å². The first-order valence-corrected chi connectivity index (χ1v) is 37.0. The maximum Gasteiger partial charge on any atom is 0.118 e. The minimum Gasteiger partial charge on any atom is -0.497 e. The number of nitrogens with zero attached hydrogens (tertiary/aromatic N) is 4. The van der Waals surface area contributed by atoms with Crippen LogP contribution in [-0.2, 0) is 49.1 Å². The fourth-order valence-electron chi connectivity index (χ4n) is 13.2. The molecule has 14 nitrogen and oxygen atoms in total. The van der Waals surface area contributed by atoms with Crippen molar-refractivity contribution in [2.45, 2.75) is 283 Å². The number of hydrogen-bond acceptors (Lipinski definition) is 14. The van der Waals surface area contributed by atoms with E-state index in [1.165, 1.54) is 231 Å². The van der Waals surface area contributed by atoms with Crippen molar-refractivity contribution >= 4 is 0 Å². The molecule has 14 heteroatoms. The van der Waals surface area contributed by atoms with Gasteiger partial charge in [0.15, 0.2) is 0 Å². The number of piperidine rings is 3. The highest BCUT2D eigenvalue weighted by molar-refractivity contribution is 5.26. The van der Waals surface area contributed by atoms with Crippen LogP contribution in [-0.4, -0.2) is 227 Å². The van der Waals surface area contributed by atoms with Gasteiger partial charge in [0.05, 0.1) is 56.4 Å². The summed E-state index contributed by atoms with van der Waals surface area (Å²) in [6.07, 6.45) is 41.5. The number of rotatable bonds is 21. The van der Waals surface area contributed by atoms with Crippen molar-refractivity contribution in [2.24, 2.45) is 17.8 Å². The van der Waals surface area contributed by atoms with Gasteiger partial charge in [-0.3, -0.25) is 0 Å². The summed E-state index contributed by atoms with van der Waals surface area (Å²) in [6.45, 7) is 26.5. The molecule has 3 saturated carbocycles. The lowest BCUT2D eigenvalue weighted by molar-refractivity contribution is -0.0458. The summed E-state index contributed by atoms with van der Waals surface area (Å²) >= 11 is 0. The van der Waals surface area contributed by atoms with Gasteiger partial charge in [-0.25, -0.2) is 0 Å². The highest BCUT2D eigenvalue weighted by Gasteiger charge is 2.30. The molecule has 0 amide bonds. The molecule has 6 unspecified atom stereocenters. The molecule has 0 radical (unpaired) electrons. The molecule has 4 heterocycles. The lowest BCUT2D eigenvalue weighted by Crippen LogP contribution is -2.36. The molecule has 0 aromatic heterocycles. The molecule has 0 spiro atoms. The summed E-state index contributed by atoms with van der Waals surface area (Å²) in [6, 6.07) is 8.82. The topological polar surface area (TPSA) is 105 Å². The predicted molar refractivity (Wildman–Crippen MR) is 389 cm³/mol. The van der Waals surface area contributed by atoms with Crippen LogP contribution in [0.2, 0.25) is 0 Å². The first kappa shape index (κ1) is 91.6. The molecule has 1 aromatic carbocycles. The Hall–Kier alpha value is -1.50. The summed E-state index contributed by atoms with van der Waals surface area (Å²) in [5, 5.41) is 0. The third-order valence-electron chi connectivity index (χ3n) is 19.7. The largest absolute Gasteiger partial charge is 0.497 e. The van der Waals surface area contributed by atoms with Gasteiger partial charge in [0.1, 0.15) is 5.75 Å². The monoisotopic (exact) mass is 1300 g/mol. The second-order valence-corrected chi connectivity index (χ2v) is 27.1. The molecule has 0 bridgehead atoms. The van der Waals surface area contributed by atoms with E-state index in [0.29, 0.717) is 36.6 Å². The van der Waals surface area contributed by atoms with Gasteiger partial charge in [0.25, 0.3) is 0 Å². The standard InChI is InChI=1S/C10H20O.C9H18O.C9H12O.C9H18O.C8H17NO.3C7H15NO.C6H14O.C5H12O/c1-3-7-10(11-2)8-5-4-6-9-10;2*1-3-8-4-6-9(10-2)7-5-8;1-3-8-6-4-5-7-9(8)10-2;1-9-5-3-4-8(6-9)7-10-2;1-8-5-3-7(9-2)4-6-8;1-8-5-3-4-7(8)6-9-2;1-8-5-3-4-7(6-8)9-2;1-4-5-6(2)7-3;1-3-4-5-6-2/h3-9H2,1-2H3;8-9H,3-7H2,1-2H3;4-7H,3H2,1-2H3;8-9H,3-7H2,1-2H3;8H,3-7H2,1-2H3;3*7H,3-6H2,1-2H3;6H,4-5H2,1-3H3;3-5H2,1-2H3. The van der Waals surface area contributed by atoms with E-state index in [0.717, 1.165) is 56.3 Å². The van der Waals surface area contributed by atoms with Crippen molar-refractivity contribution in [3.8, 4) is 5.75 Å². The molecule has 0 N–H and O–H groups in total. The first-order valence-electron chi connectivity index (χ1n) is 37.0. The van der Waals surface area contributed by atoms with E-state index in [9.17, 15) is 0 Å². The molecule has 1 aromatic rings. The molecule has 4 saturated heterocycles. The second kappa shape index (κ2) is 63.3. The van der Waals surface area contributed by atoms with Gasteiger partial charge in [-0.05, 0) is 219 Å². The third-order valence-corrected chi connectivity index (χ3v) is 19.7. The highest BCUT2D eigenvalue weighted by Crippen LogP contribution is 2.35. The van der Waals surface area contributed by atoms with Crippen LogP contribution in [0.15, 0.2) is 24.3 Å². The summed E-state index contributed by atoms with van der Waals surface area (Å²) in [5.74, 6) is 3.55. The van der Waals surface area contributed by atoms with Crippen molar-refractivity contribution in [1.82, 2.24) is 19.6 Å². The van der Waals surface area contributed by atoms with Crippen molar-refractivity contribution in [2.75, 3.05) is 165 Å². The van der Waals surface area contributed by atoms with Crippen molar-refractivity contribution < 1.29 is 47.4 Å². The summed E-state index contributed by atoms with van der Waals surface area (Å²) in [7, 11) is 26.5. The third kappa shape index (κ3) is 48.8. The van der Waals surface area contributed by atoms with Crippen LogP contribution in [0.1, 0.15) is 240 Å². The lowest BCUT2D eigenvalue weighted by Gasteiger charge is -2.35. The van der Waals surface area contributed by atoms with E-state index in [2.05, 4.69) is 108 Å². The number of ether oxygens (including phenoxy) is 10. The molecule has 4 aliphatic heterocycles. The fraction of sp³-hybridized carbons (Fsp3) is 0.922. The zero-order valence-corrected chi connectivity index (χ0v) is 64.2. The van der Waals surface area contributed by atoms with Crippen molar-refractivity contribution in [3.63, 3.8) is 0 Å². The minimum absolute atomic E-state index is 0.271. The van der Waals surface area contributed by atoms with E-state index in [1.807, 2.05) is 33.5 Å². The molecular weight excluding hydrogens is 1140 g/mol. The van der Waals surface area contributed by atoms with Crippen LogP contribution in [0, 0.1) is 17.8 Å². The highest BCUT2D eigenvalue weighted by atomic mass is 16.5. The normalized spacial score (nSPS) is 24.6. The number of hydrogen-bond donors (Lipinski definition) is 0. The predicted octanol–water partition coefficient (Wildman–Crippen LogP) is 17.0. The summed E-state index contributed by atoms with van der Waals surface area (Å²) in [4.78, 5) is 9.41. The van der Waals surface area contributed by atoms with E-state index < -0.39 is 0 Å². The van der Waals surface area contributed by atoms with Crippen LogP contribution >= 0.6 is 0 Å². The molecule has 7 aliphatic rings. The van der Waals surface area contributed by atoms with Gasteiger partial charge in [0, 0.05) is 103 Å². The Bertz CT molecular complexity index is 1560. The van der Waals surface area contributed by atoms with Crippen LogP contribution in [0.25, 0.3) is 0 Å². The molecule has 6 atom stereocenters. The summed E-state index contributed by atoms with van der Waals surface area (Å²) < 4.78 is 51.7. The quantitative estimate of drug-likeness (QED) is 0.109. The number of aryl methyl sites for hydroxylation is 1. The van der Waals surface area contributed by atoms with Gasteiger partial charge in [-0.2, -0.15) is 0 Å². The van der Waals surface area contributed by atoms with E-state index in [1.54, 1.807) is 49.8 Å². The minimum atomic E-state index is 0.271. The number of unbranched alkanes of at least 4 members (excludes halogenated alkanes) is 1. The van der Waals surface area contributed by atoms with Crippen molar-refractivity contribution in [3.05, 3.63) is 29.8 Å². The van der Waals surface area contributed by atoms with Crippen LogP contribution in [0.4, 0.5) is 0 Å². The molecule has 8 rings (SSSR count). The molecule has 3 aliphatic carbocycles. The van der Waals surface area contributed by atoms with Crippen LogP contribution < -0.4 is 4.74 Å². The molecular formula is C77H156N4O10. The van der Waals surface area contributed by atoms with Crippen LogP contribution in [0.3, 0.4) is 0 Å². The van der Waals surface area contributed by atoms with E-state index >= 15 is 0 Å². The first-order chi connectivity index (χ1) is 44.0. The number of methoxy groups -OCH3 is 10. The van der Waals surface area contributed by atoms with Gasteiger partial charge in [0.2, 0.25) is 0 Å². The molecule has 91 heavy (non-hydrogen) atoms. The second-order valence-electron chi connectivity index (χ2n) is 27.1. The Kier molecular flexibility index (Phi) is 63.6. The Labute approximate surface area is 566 Å². The molecule has 7 fully saturated rings.